The van der Waals surface area contributed by atoms with E-state index in [1.165, 1.54) is 24.3 Å². The third-order valence-corrected chi connectivity index (χ3v) is 6.35. The number of nitrogens with one attached hydrogen (secondary N) is 1. The summed E-state index contributed by atoms with van der Waals surface area (Å²) in [5.41, 5.74) is 1.50. The number of aromatic nitrogens is 2. The Balaban J connectivity index is 1.78. The van der Waals surface area contributed by atoms with Gasteiger partial charge >= 0.3 is 6.03 Å². The van der Waals surface area contributed by atoms with Crippen LogP contribution in [0.25, 0.3) is 10.9 Å². The van der Waals surface area contributed by atoms with Crippen LogP contribution in [0.1, 0.15) is 37.7 Å². The summed E-state index contributed by atoms with van der Waals surface area (Å²) in [7, 11) is 0. The molecule has 2 amide bonds. The molecule has 0 radical (unpaired) electrons. The zero-order valence-corrected chi connectivity index (χ0v) is 21.2. The summed E-state index contributed by atoms with van der Waals surface area (Å²) in [6.45, 7) is 4.42. The largest absolute Gasteiger partial charge is 0.322 e. The van der Waals surface area contributed by atoms with Crippen molar-refractivity contribution in [2.45, 2.75) is 39.4 Å². The fourth-order valence-electron chi connectivity index (χ4n) is 4.28. The number of nitro benzene ring substituents is 1. The number of benzene rings is 3. The minimum absolute atomic E-state index is 0.0726. The number of anilines is 1. The Hall–Kier alpha value is -4.24. The molecule has 1 heterocycles. The number of rotatable bonds is 8. The Kier molecular flexibility index (Phi) is 7.83. The van der Waals surface area contributed by atoms with E-state index >= 15 is 0 Å². The predicted molar refractivity (Wildman–Crippen MR) is 144 cm³/mol. The highest BCUT2D eigenvalue weighted by Crippen LogP contribution is 2.28. The van der Waals surface area contributed by atoms with Gasteiger partial charge in [-0.15, -0.1) is 0 Å². The number of nitrogens with zero attached hydrogens (tertiary/aromatic N) is 4. The van der Waals surface area contributed by atoms with Crippen molar-refractivity contribution in [2.24, 2.45) is 0 Å². The summed E-state index contributed by atoms with van der Waals surface area (Å²) in [4.78, 5) is 43.9. The number of nitro groups is 1. The van der Waals surface area contributed by atoms with Crippen LogP contribution in [0.2, 0.25) is 5.02 Å². The van der Waals surface area contributed by atoms with Crippen LogP contribution in [-0.4, -0.2) is 25.4 Å². The van der Waals surface area contributed by atoms with Crippen molar-refractivity contribution in [1.29, 1.82) is 0 Å². The van der Waals surface area contributed by atoms with Crippen molar-refractivity contribution in [3.05, 3.63) is 110 Å². The van der Waals surface area contributed by atoms with Crippen LogP contribution in [0, 0.1) is 10.1 Å². The van der Waals surface area contributed by atoms with Crippen molar-refractivity contribution < 1.29 is 9.72 Å². The SMILES string of the molecule is CCC(c1nc2cc(Cl)ccc2c(=O)n1CC)N(Cc1ccccc1)C(=O)Nc1ccc([N+](=O)[O-])cc1. The first-order valence-corrected chi connectivity index (χ1v) is 12.3. The highest BCUT2D eigenvalue weighted by Gasteiger charge is 2.29. The number of halogens is 1. The molecule has 190 valence electrons. The predicted octanol–water partition coefficient (Wildman–Crippen LogP) is 6.16. The van der Waals surface area contributed by atoms with E-state index in [1.807, 2.05) is 44.2 Å². The second kappa shape index (κ2) is 11.2. The van der Waals surface area contributed by atoms with Crippen molar-refractivity contribution in [3.63, 3.8) is 0 Å². The minimum atomic E-state index is -0.547. The van der Waals surface area contributed by atoms with E-state index in [0.717, 1.165) is 5.56 Å². The van der Waals surface area contributed by atoms with Crippen molar-refractivity contribution in [3.8, 4) is 0 Å². The van der Waals surface area contributed by atoms with Gasteiger partial charge in [0.2, 0.25) is 0 Å². The average molecular weight is 520 g/mol. The van der Waals surface area contributed by atoms with Crippen LogP contribution in [0.5, 0.6) is 0 Å². The quantitative estimate of drug-likeness (QED) is 0.221. The van der Waals surface area contributed by atoms with Gasteiger partial charge in [-0.1, -0.05) is 48.9 Å². The van der Waals surface area contributed by atoms with Crippen LogP contribution in [0.3, 0.4) is 0 Å². The molecule has 9 nitrogen and oxygen atoms in total. The van der Waals surface area contributed by atoms with Gasteiger partial charge in [-0.2, -0.15) is 0 Å². The molecule has 0 aliphatic heterocycles. The van der Waals surface area contributed by atoms with E-state index in [0.29, 0.717) is 40.4 Å². The summed E-state index contributed by atoms with van der Waals surface area (Å²) in [6.07, 6.45) is 0.485. The fourth-order valence-corrected chi connectivity index (χ4v) is 4.45. The van der Waals surface area contributed by atoms with Gasteiger partial charge < -0.3 is 10.2 Å². The summed E-state index contributed by atoms with van der Waals surface area (Å²) >= 11 is 6.19. The number of urea groups is 1. The Morgan fingerprint density at radius 3 is 2.43 bits per heavy atom. The second-order valence-electron chi connectivity index (χ2n) is 8.45. The van der Waals surface area contributed by atoms with Crippen molar-refractivity contribution in [2.75, 3.05) is 5.32 Å². The third-order valence-electron chi connectivity index (χ3n) is 6.11. The van der Waals surface area contributed by atoms with Crippen LogP contribution in [0.15, 0.2) is 77.6 Å². The lowest BCUT2D eigenvalue weighted by Crippen LogP contribution is -2.40. The first-order valence-electron chi connectivity index (χ1n) is 11.9. The zero-order valence-electron chi connectivity index (χ0n) is 20.4. The molecule has 1 unspecified atom stereocenters. The maximum Gasteiger partial charge on any atom is 0.322 e. The number of hydrogen-bond acceptors (Lipinski definition) is 5. The van der Waals surface area contributed by atoms with E-state index in [1.54, 1.807) is 27.7 Å². The Morgan fingerprint density at radius 2 is 1.81 bits per heavy atom. The summed E-state index contributed by atoms with van der Waals surface area (Å²) < 4.78 is 1.58. The van der Waals surface area contributed by atoms with E-state index in [2.05, 4.69) is 5.32 Å². The first kappa shape index (κ1) is 25.8. The monoisotopic (exact) mass is 519 g/mol. The molecule has 0 bridgehead atoms. The van der Waals surface area contributed by atoms with Gasteiger partial charge in [0, 0.05) is 35.9 Å². The zero-order chi connectivity index (χ0) is 26.5. The van der Waals surface area contributed by atoms with Gasteiger partial charge in [0.1, 0.15) is 5.82 Å². The second-order valence-corrected chi connectivity index (χ2v) is 8.89. The Bertz CT molecular complexity index is 1490. The molecule has 0 spiro atoms. The van der Waals surface area contributed by atoms with Crippen LogP contribution < -0.4 is 10.9 Å². The molecule has 1 aromatic heterocycles. The summed E-state index contributed by atoms with van der Waals surface area (Å²) in [5.74, 6) is 0.458. The maximum absolute atomic E-state index is 13.7. The average Bonchev–Trinajstić information content (AvgIpc) is 2.89. The maximum atomic E-state index is 13.7. The topological polar surface area (TPSA) is 110 Å². The van der Waals surface area contributed by atoms with E-state index in [-0.39, 0.29) is 17.8 Å². The Morgan fingerprint density at radius 1 is 1.11 bits per heavy atom. The number of carbonyl (C=O) groups is 1. The van der Waals surface area contributed by atoms with Crippen molar-refractivity contribution in [1.82, 2.24) is 14.5 Å². The molecule has 4 aromatic rings. The molecule has 4 rings (SSSR count). The van der Waals surface area contributed by atoms with Gasteiger partial charge in [0.05, 0.1) is 21.9 Å². The minimum Gasteiger partial charge on any atom is -0.310 e. The third kappa shape index (κ3) is 5.62. The number of non-ortho nitro benzene ring substituents is 1. The van der Waals surface area contributed by atoms with Gasteiger partial charge in [-0.3, -0.25) is 19.5 Å². The lowest BCUT2D eigenvalue weighted by molar-refractivity contribution is -0.384. The number of amides is 2. The molecular formula is C27H26ClN5O4. The smallest absolute Gasteiger partial charge is 0.310 e. The molecule has 1 N–H and O–H groups in total. The van der Waals surface area contributed by atoms with Gasteiger partial charge in [-0.25, -0.2) is 9.78 Å². The van der Waals surface area contributed by atoms with Crippen LogP contribution in [0.4, 0.5) is 16.2 Å². The summed E-state index contributed by atoms with van der Waals surface area (Å²) in [5, 5.41) is 14.8. The molecule has 3 aromatic carbocycles. The van der Waals surface area contributed by atoms with E-state index in [4.69, 9.17) is 16.6 Å². The number of carbonyl (C=O) groups excluding carboxylic acids is 1. The molecule has 10 heteroatoms. The molecule has 37 heavy (non-hydrogen) atoms. The molecule has 0 fully saturated rings. The van der Waals surface area contributed by atoms with E-state index < -0.39 is 17.0 Å². The lowest BCUT2D eigenvalue weighted by Gasteiger charge is -2.32. The molecule has 1 atom stereocenters. The van der Waals surface area contributed by atoms with Crippen LogP contribution in [-0.2, 0) is 13.1 Å². The number of fused-ring (bicyclic) bond motifs is 1. The highest BCUT2D eigenvalue weighted by atomic mass is 35.5. The molecule has 0 saturated heterocycles. The highest BCUT2D eigenvalue weighted by molar-refractivity contribution is 6.31. The van der Waals surface area contributed by atoms with E-state index in [9.17, 15) is 19.7 Å². The summed E-state index contributed by atoms with van der Waals surface area (Å²) in [6, 6.07) is 19.1. The Labute approximate surface area is 218 Å². The van der Waals surface area contributed by atoms with Crippen molar-refractivity contribution >= 4 is 39.9 Å². The number of hydrogen-bond donors (Lipinski definition) is 1. The van der Waals surface area contributed by atoms with Crippen LogP contribution >= 0.6 is 11.6 Å². The molecule has 0 saturated carbocycles. The standard InChI is InChI=1S/C27H26ClN5O4/c1-3-24(25-30-23-16-19(28)10-15-22(23)26(34)31(25)4-2)32(17-18-8-6-5-7-9-18)27(35)29-20-11-13-21(14-12-20)33(36)37/h5-16,24H,3-4,17H2,1-2H3,(H,29,35). The molecule has 0 aliphatic carbocycles. The normalized spacial score (nSPS) is 11.8. The van der Waals surface area contributed by atoms with Gasteiger partial charge in [0.15, 0.2) is 0 Å². The molecule has 0 aliphatic rings. The van der Waals surface area contributed by atoms with Gasteiger partial charge in [-0.05, 0) is 49.2 Å². The fraction of sp³-hybridized carbons (Fsp3) is 0.222. The lowest BCUT2D eigenvalue weighted by atomic mass is 10.1. The van der Waals surface area contributed by atoms with Gasteiger partial charge in [0.25, 0.3) is 11.2 Å². The molecular weight excluding hydrogens is 494 g/mol. The first-order chi connectivity index (χ1) is 17.8.